The van der Waals surface area contributed by atoms with Crippen LogP contribution in [0.2, 0.25) is 0 Å². The first-order chi connectivity index (χ1) is 6.92. The zero-order valence-corrected chi connectivity index (χ0v) is 9.47. The van der Waals surface area contributed by atoms with E-state index in [1.54, 1.807) is 11.2 Å². The lowest BCUT2D eigenvalue weighted by atomic mass is 9.98. The summed E-state index contributed by atoms with van der Waals surface area (Å²) in [4.78, 5) is 14.7. The van der Waals surface area contributed by atoms with E-state index in [9.17, 15) is 4.91 Å². The van der Waals surface area contributed by atoms with E-state index in [4.69, 9.17) is 0 Å². The molecule has 1 aliphatic heterocycles. The van der Waals surface area contributed by atoms with Crippen molar-refractivity contribution in [1.29, 1.82) is 0 Å². The van der Waals surface area contributed by atoms with Gasteiger partial charge in [-0.2, -0.15) is 13.5 Å². The molecule has 1 fully saturated rings. The first-order valence-electron chi connectivity index (χ1n) is 4.91. The highest BCUT2D eigenvalue weighted by Crippen LogP contribution is 2.30. The van der Waals surface area contributed by atoms with E-state index in [1.165, 1.54) is 0 Å². The molecule has 1 saturated heterocycles. The van der Waals surface area contributed by atoms with Gasteiger partial charge in [-0.1, -0.05) is 6.07 Å². The van der Waals surface area contributed by atoms with Crippen molar-refractivity contribution < 1.29 is 0 Å². The average molecular weight is 225 g/mol. The van der Waals surface area contributed by atoms with Gasteiger partial charge >= 0.3 is 0 Å². The number of piperidine rings is 1. The van der Waals surface area contributed by atoms with Crippen molar-refractivity contribution in [2.45, 2.75) is 25.3 Å². The summed E-state index contributed by atoms with van der Waals surface area (Å²) in [7, 11) is 0. The van der Waals surface area contributed by atoms with Crippen LogP contribution in [-0.2, 0) is 0 Å². The molecule has 0 bridgehead atoms. The van der Waals surface area contributed by atoms with Crippen molar-refractivity contribution in [3.63, 3.8) is 0 Å². The van der Waals surface area contributed by atoms with Crippen LogP contribution in [0.3, 0.4) is 0 Å². The van der Waals surface area contributed by atoms with Crippen molar-refractivity contribution in [3.05, 3.63) is 35.0 Å². The highest BCUT2D eigenvalue weighted by atomic mass is 32.1. The Morgan fingerprint density at radius 1 is 1.47 bits per heavy atom. The molecule has 0 aromatic carbocycles. The van der Waals surface area contributed by atoms with Crippen LogP contribution in [0, 0.1) is 4.91 Å². The fourth-order valence-electron chi connectivity index (χ4n) is 1.93. The monoisotopic (exact) mass is 225 g/mol. The van der Waals surface area contributed by atoms with Crippen molar-refractivity contribution in [2.75, 3.05) is 6.54 Å². The summed E-state index contributed by atoms with van der Waals surface area (Å²) in [6.07, 6.45) is 6.77. The summed E-state index contributed by atoms with van der Waals surface area (Å²) < 4.78 is 0. The summed E-state index contributed by atoms with van der Waals surface area (Å²) in [5.41, 5.74) is 1.09. The summed E-state index contributed by atoms with van der Waals surface area (Å²) in [6, 6.07) is 4.03. The van der Waals surface area contributed by atoms with E-state index in [0.29, 0.717) is 0 Å². The van der Waals surface area contributed by atoms with Gasteiger partial charge in [-0.15, -0.1) is 4.91 Å². The Hall–Kier alpha value is -1.10. The number of nitrogens with zero attached hydrogens (tertiary/aromatic N) is 3. The minimum absolute atomic E-state index is 0. The van der Waals surface area contributed by atoms with E-state index < -0.39 is 0 Å². The fourth-order valence-corrected chi connectivity index (χ4v) is 1.93. The highest BCUT2D eigenvalue weighted by Gasteiger charge is 2.23. The van der Waals surface area contributed by atoms with Gasteiger partial charge in [-0.05, 0) is 30.9 Å². The molecule has 82 valence electrons. The number of hydrogen-bond acceptors (Lipinski definition) is 3. The molecule has 0 radical (unpaired) electrons. The van der Waals surface area contributed by atoms with Crippen molar-refractivity contribution in [1.82, 2.24) is 9.99 Å². The summed E-state index contributed by atoms with van der Waals surface area (Å²) in [5, 5.41) is 4.69. The van der Waals surface area contributed by atoms with Crippen molar-refractivity contribution in [2.24, 2.45) is 5.29 Å². The molecule has 1 atom stereocenters. The summed E-state index contributed by atoms with van der Waals surface area (Å²) >= 11 is 0. The first kappa shape index (κ1) is 12.0. The van der Waals surface area contributed by atoms with Gasteiger partial charge in [-0.25, -0.2) is 0 Å². The van der Waals surface area contributed by atoms with E-state index in [-0.39, 0.29) is 19.5 Å². The Morgan fingerprint density at radius 2 is 2.33 bits per heavy atom. The first-order valence-corrected chi connectivity index (χ1v) is 4.91. The van der Waals surface area contributed by atoms with Crippen LogP contribution in [0.15, 0.2) is 29.8 Å². The third-order valence-electron chi connectivity index (χ3n) is 2.65. The normalized spacial score (nSPS) is 20.5. The number of nitroso groups, excluding NO2 is 1. The van der Waals surface area contributed by atoms with E-state index in [1.807, 2.05) is 18.3 Å². The van der Waals surface area contributed by atoms with Gasteiger partial charge in [0.15, 0.2) is 0 Å². The van der Waals surface area contributed by atoms with E-state index in [0.717, 1.165) is 31.4 Å². The maximum atomic E-state index is 10.6. The maximum Gasteiger partial charge on any atom is 0.0766 e. The van der Waals surface area contributed by atoms with Crippen molar-refractivity contribution >= 4 is 13.5 Å². The number of pyridine rings is 1. The molecule has 15 heavy (non-hydrogen) atoms. The third kappa shape index (κ3) is 2.68. The van der Waals surface area contributed by atoms with Gasteiger partial charge in [0.05, 0.1) is 11.3 Å². The lowest BCUT2D eigenvalue weighted by Gasteiger charge is -2.30. The van der Waals surface area contributed by atoms with Gasteiger partial charge in [0, 0.05) is 18.9 Å². The summed E-state index contributed by atoms with van der Waals surface area (Å²) in [5.74, 6) is 0. The molecule has 2 rings (SSSR count). The van der Waals surface area contributed by atoms with Crippen molar-refractivity contribution in [3.8, 4) is 0 Å². The van der Waals surface area contributed by atoms with Gasteiger partial charge in [0.2, 0.25) is 0 Å². The zero-order chi connectivity index (χ0) is 9.80. The largest absolute Gasteiger partial charge is 0.264 e. The van der Waals surface area contributed by atoms with Crippen LogP contribution in [-0.4, -0.2) is 16.5 Å². The lowest BCUT2D eigenvalue weighted by Crippen LogP contribution is -2.28. The molecule has 0 N–H and O–H groups in total. The van der Waals surface area contributed by atoms with Gasteiger partial charge in [0.1, 0.15) is 0 Å². The van der Waals surface area contributed by atoms with Crippen LogP contribution < -0.4 is 0 Å². The molecule has 0 spiro atoms. The molecule has 1 aliphatic rings. The molecule has 4 nitrogen and oxygen atoms in total. The molecular weight excluding hydrogens is 210 g/mol. The van der Waals surface area contributed by atoms with Crippen LogP contribution in [0.25, 0.3) is 0 Å². The number of aromatic nitrogens is 1. The molecular formula is C10H15N3OS. The maximum absolute atomic E-state index is 10.6. The molecule has 1 aromatic rings. The zero-order valence-electron chi connectivity index (χ0n) is 8.47. The van der Waals surface area contributed by atoms with Crippen LogP contribution >= 0.6 is 13.5 Å². The Labute approximate surface area is 96.1 Å². The Kier molecular flexibility index (Phi) is 4.55. The molecule has 5 heteroatoms. The molecule has 1 unspecified atom stereocenters. The second-order valence-corrected chi connectivity index (χ2v) is 3.54. The minimum atomic E-state index is 0. The Balaban J connectivity index is 0.00000112. The van der Waals surface area contributed by atoms with Crippen LogP contribution in [0.1, 0.15) is 30.9 Å². The van der Waals surface area contributed by atoms with E-state index >= 15 is 0 Å². The third-order valence-corrected chi connectivity index (χ3v) is 2.65. The topological polar surface area (TPSA) is 45.6 Å². The minimum Gasteiger partial charge on any atom is -0.264 e. The van der Waals surface area contributed by atoms with Gasteiger partial charge in [-0.3, -0.25) is 9.99 Å². The lowest BCUT2D eigenvalue weighted by molar-refractivity contribution is 0.152. The molecule has 1 aromatic heterocycles. The predicted molar refractivity (Wildman–Crippen MR) is 63.7 cm³/mol. The number of hydrogen-bond donors (Lipinski definition) is 0. The smallest absolute Gasteiger partial charge is 0.0766 e. The van der Waals surface area contributed by atoms with Crippen LogP contribution in [0.4, 0.5) is 0 Å². The second-order valence-electron chi connectivity index (χ2n) is 3.54. The SMILES string of the molecule is O=NN1CCCCC1c1cccnc1.S. The Morgan fingerprint density at radius 3 is 3.00 bits per heavy atom. The molecule has 0 saturated carbocycles. The predicted octanol–water partition coefficient (Wildman–Crippen LogP) is 2.40. The highest BCUT2D eigenvalue weighted by molar-refractivity contribution is 7.59. The number of rotatable bonds is 2. The summed E-state index contributed by atoms with van der Waals surface area (Å²) in [6.45, 7) is 0.767. The van der Waals surface area contributed by atoms with Gasteiger partial charge in [0.25, 0.3) is 0 Å². The fraction of sp³-hybridized carbons (Fsp3) is 0.500. The quantitative estimate of drug-likeness (QED) is 0.726. The standard InChI is InChI=1S/C10H13N3O.H2S/c14-12-13-7-2-1-5-10(13)9-4-3-6-11-8-9;/h3-4,6,8,10H,1-2,5,7H2;1H2. The van der Waals surface area contributed by atoms with E-state index in [2.05, 4.69) is 10.3 Å². The second kappa shape index (κ2) is 5.70. The van der Waals surface area contributed by atoms with Gasteiger partial charge < -0.3 is 0 Å². The average Bonchev–Trinajstić information content (AvgIpc) is 2.30. The Bertz CT molecular complexity index is 307. The molecule has 0 aliphatic carbocycles. The molecule has 0 amide bonds. The van der Waals surface area contributed by atoms with Crippen LogP contribution in [0.5, 0.6) is 0 Å². The molecule has 2 heterocycles.